The fraction of sp³-hybridized carbons (Fsp3) is 0.462. The van der Waals surface area contributed by atoms with Crippen LogP contribution in [0.2, 0.25) is 5.02 Å². The van der Waals surface area contributed by atoms with Crippen molar-refractivity contribution in [3.8, 4) is 0 Å². The summed E-state index contributed by atoms with van der Waals surface area (Å²) in [6.45, 7) is 7.97. The van der Waals surface area contributed by atoms with Crippen molar-refractivity contribution in [3.05, 3.63) is 28.8 Å². The molecule has 0 aliphatic carbocycles. The molecule has 1 aromatic carbocycles. The van der Waals surface area contributed by atoms with Crippen LogP contribution < -0.4 is 5.32 Å². The third-order valence-electron chi connectivity index (χ3n) is 2.14. The van der Waals surface area contributed by atoms with Crippen LogP contribution in [0.4, 0.5) is 5.69 Å². The highest BCUT2D eigenvalue weighted by atomic mass is 35.5. The van der Waals surface area contributed by atoms with Crippen molar-refractivity contribution < 1.29 is 4.79 Å². The monoisotopic (exact) mass is 239 g/mol. The lowest BCUT2D eigenvalue weighted by Crippen LogP contribution is -2.27. The number of Topliss-reactive ketones (excluding diaryl/α,β-unsaturated/α-hetero) is 1. The lowest BCUT2D eigenvalue weighted by atomic mass is 10.0. The van der Waals surface area contributed by atoms with Gasteiger partial charge in [-0.1, -0.05) is 24.6 Å². The molecule has 0 aliphatic heterocycles. The lowest BCUT2D eigenvalue weighted by molar-refractivity contribution is 0.0989. The average molecular weight is 240 g/mol. The summed E-state index contributed by atoms with van der Waals surface area (Å²) in [7, 11) is 0. The van der Waals surface area contributed by atoms with Crippen molar-refractivity contribution in [2.45, 2.75) is 39.7 Å². The first kappa shape index (κ1) is 13.0. The summed E-state index contributed by atoms with van der Waals surface area (Å²) in [6.07, 6.45) is 0.485. The van der Waals surface area contributed by atoms with Gasteiger partial charge in [0.15, 0.2) is 5.78 Å². The highest BCUT2D eigenvalue weighted by Crippen LogP contribution is 2.29. The van der Waals surface area contributed by atoms with E-state index in [0.29, 0.717) is 17.0 Å². The molecule has 88 valence electrons. The maximum atomic E-state index is 11.8. The summed E-state index contributed by atoms with van der Waals surface area (Å²) >= 11 is 6.12. The van der Waals surface area contributed by atoms with Crippen molar-refractivity contribution in [2.75, 3.05) is 5.32 Å². The lowest BCUT2D eigenvalue weighted by Gasteiger charge is -2.24. The largest absolute Gasteiger partial charge is 0.379 e. The normalized spacial score (nSPS) is 11.3. The predicted octanol–water partition coefficient (Wildman–Crippen LogP) is 4.14. The first-order valence-electron chi connectivity index (χ1n) is 5.45. The van der Waals surface area contributed by atoms with Crippen molar-refractivity contribution >= 4 is 23.1 Å². The first-order valence-corrected chi connectivity index (χ1v) is 5.83. The van der Waals surface area contributed by atoms with Crippen molar-refractivity contribution in [1.82, 2.24) is 0 Å². The fourth-order valence-electron chi connectivity index (χ4n) is 1.45. The molecular formula is C13H18ClNO. The van der Waals surface area contributed by atoms with Gasteiger partial charge in [0.25, 0.3) is 0 Å². The molecule has 0 fully saturated rings. The molecule has 1 N–H and O–H groups in total. The van der Waals surface area contributed by atoms with E-state index in [1.54, 1.807) is 12.1 Å². The molecule has 2 nitrogen and oxygen atoms in total. The number of benzene rings is 1. The van der Waals surface area contributed by atoms with Crippen LogP contribution in [-0.2, 0) is 0 Å². The predicted molar refractivity (Wildman–Crippen MR) is 69.4 cm³/mol. The minimum absolute atomic E-state index is 0.106. The Hall–Kier alpha value is -1.02. The van der Waals surface area contributed by atoms with Crippen LogP contribution in [0.5, 0.6) is 0 Å². The molecular weight excluding hydrogens is 222 g/mol. The summed E-state index contributed by atoms with van der Waals surface area (Å²) in [5.74, 6) is 0.106. The molecule has 16 heavy (non-hydrogen) atoms. The van der Waals surface area contributed by atoms with E-state index in [9.17, 15) is 4.79 Å². The van der Waals surface area contributed by atoms with Crippen molar-refractivity contribution in [2.24, 2.45) is 0 Å². The molecule has 3 heteroatoms. The first-order chi connectivity index (χ1) is 7.35. The van der Waals surface area contributed by atoms with E-state index in [0.717, 1.165) is 5.69 Å². The molecule has 0 saturated carbocycles. The Kier molecular flexibility index (Phi) is 3.98. The number of para-hydroxylation sites is 1. The zero-order valence-electron chi connectivity index (χ0n) is 10.2. The number of hydrogen-bond acceptors (Lipinski definition) is 2. The molecule has 0 spiro atoms. The molecule has 0 unspecified atom stereocenters. The highest BCUT2D eigenvalue weighted by molar-refractivity contribution is 6.34. The van der Waals surface area contributed by atoms with Crippen molar-refractivity contribution in [3.63, 3.8) is 0 Å². The van der Waals surface area contributed by atoms with Gasteiger partial charge >= 0.3 is 0 Å². The summed E-state index contributed by atoms with van der Waals surface area (Å²) in [6, 6.07) is 5.41. The number of halogens is 1. The summed E-state index contributed by atoms with van der Waals surface area (Å²) in [5, 5.41) is 3.87. The number of hydrogen-bond donors (Lipinski definition) is 1. The Morgan fingerprint density at radius 1 is 1.38 bits per heavy atom. The van der Waals surface area contributed by atoms with Gasteiger partial charge in [0.2, 0.25) is 0 Å². The van der Waals surface area contributed by atoms with Crippen LogP contribution in [0.1, 0.15) is 44.5 Å². The van der Waals surface area contributed by atoms with Crippen LogP contribution >= 0.6 is 11.6 Å². The third kappa shape index (κ3) is 3.24. The van der Waals surface area contributed by atoms with Gasteiger partial charge in [-0.2, -0.15) is 0 Å². The van der Waals surface area contributed by atoms with Crippen molar-refractivity contribution in [1.29, 1.82) is 0 Å². The zero-order chi connectivity index (χ0) is 12.3. The molecule has 1 rings (SSSR count). The van der Waals surface area contributed by atoms with E-state index in [4.69, 9.17) is 11.6 Å². The molecule has 0 heterocycles. The smallest absolute Gasteiger partial charge is 0.164 e. The SMILES string of the molecule is CCC(=O)c1cccc(Cl)c1NC(C)(C)C. The number of carbonyl (C=O) groups excluding carboxylic acids is 1. The second-order valence-electron chi connectivity index (χ2n) is 4.81. The van der Waals surface area contributed by atoms with Gasteiger partial charge in [-0.15, -0.1) is 0 Å². The van der Waals surface area contributed by atoms with E-state index < -0.39 is 0 Å². The molecule has 1 aromatic rings. The molecule has 0 saturated heterocycles. The summed E-state index contributed by atoms with van der Waals surface area (Å²) in [5.41, 5.74) is 1.29. The fourth-order valence-corrected chi connectivity index (χ4v) is 1.67. The molecule has 0 radical (unpaired) electrons. The Morgan fingerprint density at radius 2 is 2.00 bits per heavy atom. The number of carbonyl (C=O) groups is 1. The molecule has 0 aliphatic rings. The maximum Gasteiger partial charge on any atom is 0.164 e. The second-order valence-corrected chi connectivity index (χ2v) is 5.22. The molecule has 0 atom stereocenters. The van der Waals surface area contributed by atoms with Gasteiger partial charge in [-0.05, 0) is 32.9 Å². The topological polar surface area (TPSA) is 29.1 Å². The number of anilines is 1. The third-order valence-corrected chi connectivity index (χ3v) is 2.45. The Labute approximate surface area is 102 Å². The van der Waals surface area contributed by atoms with E-state index in [1.807, 2.05) is 33.8 Å². The Morgan fingerprint density at radius 3 is 2.50 bits per heavy atom. The van der Waals surface area contributed by atoms with Gasteiger partial charge in [0.05, 0.1) is 10.7 Å². The molecule has 0 aromatic heterocycles. The number of ketones is 1. The van der Waals surface area contributed by atoms with E-state index in [-0.39, 0.29) is 11.3 Å². The minimum atomic E-state index is -0.117. The van der Waals surface area contributed by atoms with Crippen LogP contribution in [0.25, 0.3) is 0 Å². The summed E-state index contributed by atoms with van der Waals surface area (Å²) < 4.78 is 0. The van der Waals surface area contributed by atoms with Gasteiger partial charge in [0, 0.05) is 17.5 Å². The average Bonchev–Trinajstić information content (AvgIpc) is 2.18. The van der Waals surface area contributed by atoms with Gasteiger partial charge < -0.3 is 5.32 Å². The Balaban J connectivity index is 3.19. The standard InChI is InChI=1S/C13H18ClNO/c1-5-11(16)9-7-6-8-10(14)12(9)15-13(2,3)4/h6-8,15H,5H2,1-4H3. The molecule has 0 amide bonds. The van der Waals surface area contributed by atoms with Crippen LogP contribution in [-0.4, -0.2) is 11.3 Å². The molecule has 0 bridgehead atoms. The number of nitrogens with one attached hydrogen (secondary N) is 1. The van der Waals surface area contributed by atoms with Crippen LogP contribution in [0.3, 0.4) is 0 Å². The van der Waals surface area contributed by atoms with E-state index >= 15 is 0 Å². The maximum absolute atomic E-state index is 11.8. The number of rotatable bonds is 3. The van der Waals surface area contributed by atoms with Gasteiger partial charge in [0.1, 0.15) is 0 Å². The van der Waals surface area contributed by atoms with E-state index in [1.165, 1.54) is 0 Å². The zero-order valence-corrected chi connectivity index (χ0v) is 11.0. The Bertz CT molecular complexity index is 393. The quantitative estimate of drug-likeness (QED) is 0.804. The van der Waals surface area contributed by atoms with E-state index in [2.05, 4.69) is 5.32 Å². The van der Waals surface area contributed by atoms with Crippen LogP contribution in [0, 0.1) is 0 Å². The second kappa shape index (κ2) is 4.88. The highest BCUT2D eigenvalue weighted by Gasteiger charge is 2.17. The minimum Gasteiger partial charge on any atom is -0.379 e. The summed E-state index contributed by atoms with van der Waals surface area (Å²) in [4.78, 5) is 11.8. The van der Waals surface area contributed by atoms with Gasteiger partial charge in [-0.3, -0.25) is 4.79 Å². The van der Waals surface area contributed by atoms with Gasteiger partial charge in [-0.25, -0.2) is 0 Å². The van der Waals surface area contributed by atoms with Crippen LogP contribution in [0.15, 0.2) is 18.2 Å².